The monoisotopic (exact) mass is 796 g/mol. The summed E-state index contributed by atoms with van der Waals surface area (Å²) in [6, 6.07) is 33.6. The second kappa shape index (κ2) is 17.8. The van der Waals surface area contributed by atoms with E-state index in [0.717, 1.165) is 60.2 Å². The van der Waals surface area contributed by atoms with Gasteiger partial charge in [-0.05, 0) is 105 Å². The van der Waals surface area contributed by atoms with Gasteiger partial charge in [-0.1, -0.05) is 86.6 Å². The fraction of sp³-hybridized carbons (Fsp3) is 0.375. The van der Waals surface area contributed by atoms with Crippen molar-refractivity contribution in [3.8, 4) is 17.4 Å². The van der Waals surface area contributed by atoms with Gasteiger partial charge in [0.15, 0.2) is 0 Å². The smallest absolute Gasteiger partial charge is 0.413 e. The lowest BCUT2D eigenvalue weighted by atomic mass is 9.56. The molecule has 1 saturated heterocycles. The highest BCUT2D eigenvalue weighted by atomic mass is 16.6. The van der Waals surface area contributed by atoms with Gasteiger partial charge in [-0.3, -0.25) is 14.5 Å². The van der Waals surface area contributed by atoms with Crippen molar-refractivity contribution in [3.63, 3.8) is 0 Å². The van der Waals surface area contributed by atoms with Crippen LogP contribution < -0.4 is 25.4 Å². The molecule has 2 fully saturated rings. The number of para-hydroxylation sites is 1. The molecule has 6 aromatic rings. The Bertz CT molecular complexity index is 2390. The van der Waals surface area contributed by atoms with E-state index in [1.807, 2.05) is 139 Å². The predicted molar refractivity (Wildman–Crippen MR) is 234 cm³/mol. The zero-order valence-electron chi connectivity index (χ0n) is 35.1. The summed E-state index contributed by atoms with van der Waals surface area (Å²) in [5.41, 5.74) is 6.13. The number of nitrogens with zero attached hydrogens (tertiary/aromatic N) is 5. The lowest BCUT2D eigenvalue weighted by molar-refractivity contribution is 0.0283. The first-order valence-electron chi connectivity index (χ1n) is 20.8. The third kappa shape index (κ3) is 9.62. The summed E-state index contributed by atoms with van der Waals surface area (Å²) in [6.45, 7) is 12.0. The number of aryl methyl sites for hydroxylation is 1. The average Bonchev–Trinajstić information content (AvgIpc) is 3.49. The first-order chi connectivity index (χ1) is 28.5. The molecule has 3 aromatic carbocycles. The van der Waals surface area contributed by atoms with E-state index >= 15 is 0 Å². The van der Waals surface area contributed by atoms with Crippen molar-refractivity contribution >= 4 is 28.6 Å². The molecule has 0 radical (unpaired) electrons. The maximum Gasteiger partial charge on any atom is 0.413 e. The molecule has 0 atom stereocenters. The molecule has 11 nitrogen and oxygen atoms in total. The van der Waals surface area contributed by atoms with Crippen LogP contribution in [0.1, 0.15) is 77.0 Å². The molecule has 59 heavy (non-hydrogen) atoms. The van der Waals surface area contributed by atoms with Crippen molar-refractivity contribution < 1.29 is 19.0 Å². The second-order valence-electron chi connectivity index (χ2n) is 16.5. The fourth-order valence-electron chi connectivity index (χ4n) is 8.41. The highest BCUT2D eigenvalue weighted by Gasteiger charge is 2.45. The molecule has 308 valence electrons. The van der Waals surface area contributed by atoms with E-state index in [1.165, 1.54) is 18.4 Å². The van der Waals surface area contributed by atoms with E-state index in [0.29, 0.717) is 47.8 Å². The van der Waals surface area contributed by atoms with Crippen molar-refractivity contribution in [1.82, 2.24) is 19.1 Å². The molecule has 2 aliphatic rings. The van der Waals surface area contributed by atoms with Crippen LogP contribution in [0.25, 0.3) is 16.7 Å². The summed E-state index contributed by atoms with van der Waals surface area (Å²) in [6.07, 6.45) is 6.95. The van der Waals surface area contributed by atoms with Gasteiger partial charge in [0.2, 0.25) is 11.8 Å². The Labute approximate surface area is 347 Å². The number of anilines is 2. The number of amides is 1. The molecular weight excluding hydrogens is 741 g/mol. The zero-order valence-corrected chi connectivity index (χ0v) is 35.1. The van der Waals surface area contributed by atoms with Crippen LogP contribution >= 0.6 is 0 Å². The number of nitrogens with one attached hydrogen (secondary N) is 1. The molecule has 3 aromatic heterocycles. The molecular formula is C48H56N6O5. The summed E-state index contributed by atoms with van der Waals surface area (Å²) < 4.78 is 21.2. The van der Waals surface area contributed by atoms with Gasteiger partial charge < -0.3 is 19.1 Å². The van der Waals surface area contributed by atoms with Crippen molar-refractivity contribution in [1.29, 1.82) is 0 Å². The van der Waals surface area contributed by atoms with Gasteiger partial charge in [0.25, 0.3) is 0 Å². The van der Waals surface area contributed by atoms with E-state index in [-0.39, 0.29) is 5.69 Å². The fourth-order valence-corrected chi connectivity index (χ4v) is 8.41. The Morgan fingerprint density at radius 2 is 1.46 bits per heavy atom. The van der Waals surface area contributed by atoms with Crippen molar-refractivity contribution in [2.75, 3.05) is 23.3 Å². The van der Waals surface area contributed by atoms with Gasteiger partial charge in [0, 0.05) is 32.4 Å². The van der Waals surface area contributed by atoms with Crippen LogP contribution in [-0.2, 0) is 31.4 Å². The molecule has 8 rings (SSSR count). The van der Waals surface area contributed by atoms with Gasteiger partial charge in [-0.25, -0.2) is 14.6 Å². The molecule has 1 N–H and O–H groups in total. The maximum atomic E-state index is 14.2. The van der Waals surface area contributed by atoms with E-state index in [4.69, 9.17) is 19.2 Å². The van der Waals surface area contributed by atoms with E-state index < -0.39 is 11.7 Å². The third-order valence-corrected chi connectivity index (χ3v) is 11.1. The molecule has 0 bridgehead atoms. The normalized spacial score (nSPS) is 14.9. The molecule has 1 amide bonds. The van der Waals surface area contributed by atoms with Crippen LogP contribution in [0, 0.1) is 11.3 Å². The average molecular weight is 797 g/mol. The molecule has 11 heteroatoms. The number of rotatable bonds is 11. The lowest BCUT2D eigenvalue weighted by Crippen LogP contribution is -2.47. The number of carbonyl (C=O) groups excluding carboxylic acids is 1. The van der Waals surface area contributed by atoms with Crippen LogP contribution in [-0.4, -0.2) is 43.9 Å². The Balaban J connectivity index is 0.00000260. The molecule has 4 heterocycles. The van der Waals surface area contributed by atoms with Crippen molar-refractivity contribution in [2.45, 2.75) is 85.5 Å². The van der Waals surface area contributed by atoms with Gasteiger partial charge in [-0.2, -0.15) is 4.98 Å². The second-order valence-corrected chi connectivity index (χ2v) is 16.5. The molecule has 1 aliphatic heterocycles. The number of fused-ring (bicyclic) bond motifs is 1. The first kappa shape index (κ1) is 41.1. The summed E-state index contributed by atoms with van der Waals surface area (Å²) in [5, 5.41) is 2.71. The molecule has 1 saturated carbocycles. The van der Waals surface area contributed by atoms with Gasteiger partial charge >= 0.3 is 11.8 Å². The minimum Gasteiger partial charge on any atom is -0.473 e. The Hall–Kier alpha value is -6.10. The SMILES string of the molecule is CC.Cn1c(=O)n(-c2ccc(OCc3ccccc3)nc2OCc2ccccc2)c2cccc(N3CCC4(CC3)CC(Cc3ccc(NC(=O)OC(C)(C)C)nc3)C4)c21. The summed E-state index contributed by atoms with van der Waals surface area (Å²) >= 11 is 0. The van der Waals surface area contributed by atoms with Crippen LogP contribution in [0.15, 0.2) is 114 Å². The summed E-state index contributed by atoms with van der Waals surface area (Å²) in [4.78, 5) is 38.0. The minimum atomic E-state index is -0.563. The van der Waals surface area contributed by atoms with Crippen LogP contribution in [0.3, 0.4) is 0 Å². The number of carbonyl (C=O) groups is 1. The Morgan fingerprint density at radius 3 is 2.08 bits per heavy atom. The molecule has 1 spiro atoms. The minimum absolute atomic E-state index is 0.166. The highest BCUT2D eigenvalue weighted by molar-refractivity contribution is 5.91. The number of hydrogen-bond donors (Lipinski definition) is 1. The van der Waals surface area contributed by atoms with Crippen LogP contribution in [0.5, 0.6) is 11.8 Å². The highest BCUT2D eigenvalue weighted by Crippen LogP contribution is 2.54. The van der Waals surface area contributed by atoms with E-state index in [2.05, 4.69) is 21.3 Å². The number of piperidine rings is 1. The Kier molecular flexibility index (Phi) is 12.4. The number of imidazole rings is 1. The quantitative estimate of drug-likeness (QED) is 0.138. The zero-order chi connectivity index (χ0) is 41.6. The van der Waals surface area contributed by atoms with E-state index in [9.17, 15) is 9.59 Å². The number of pyridine rings is 2. The van der Waals surface area contributed by atoms with Crippen LogP contribution in [0.2, 0.25) is 0 Å². The number of aromatic nitrogens is 4. The third-order valence-electron chi connectivity index (χ3n) is 11.1. The number of ether oxygens (including phenoxy) is 3. The van der Waals surface area contributed by atoms with Gasteiger partial charge in [0.1, 0.15) is 30.3 Å². The first-order valence-corrected chi connectivity index (χ1v) is 20.8. The topological polar surface area (TPSA) is 113 Å². The maximum absolute atomic E-state index is 14.2. The van der Waals surface area contributed by atoms with E-state index in [1.54, 1.807) is 15.2 Å². The van der Waals surface area contributed by atoms with Crippen molar-refractivity contribution in [2.24, 2.45) is 18.4 Å². The van der Waals surface area contributed by atoms with Crippen molar-refractivity contribution in [3.05, 3.63) is 136 Å². The lowest BCUT2D eigenvalue weighted by Gasteiger charge is -2.53. The Morgan fingerprint density at radius 1 is 0.797 bits per heavy atom. The number of hydrogen-bond acceptors (Lipinski definition) is 8. The largest absolute Gasteiger partial charge is 0.473 e. The molecule has 0 unspecified atom stereocenters. The van der Waals surface area contributed by atoms with Gasteiger partial charge in [0.05, 0.1) is 16.7 Å². The summed E-state index contributed by atoms with van der Waals surface area (Å²) in [5.74, 6) is 1.85. The molecule has 1 aliphatic carbocycles. The predicted octanol–water partition coefficient (Wildman–Crippen LogP) is 9.89. The standard InChI is InChI=1S/C46H50N6O5.C2H6/c1-45(2,3)57-43(53)48-39-20-18-34(29-47-39)26-35-27-46(28-35)22-24-51(25-23-46)36-16-11-17-37-41(36)50(4)44(54)52(37)38-19-21-40(55-30-32-12-7-5-8-13-32)49-42(38)56-31-33-14-9-6-10-15-33;1-2/h5-21,29,35H,22-28,30-31H2,1-4H3,(H,47,48,53);1-2H3. The summed E-state index contributed by atoms with van der Waals surface area (Å²) in [7, 11) is 1.84. The number of benzene rings is 3. The van der Waals surface area contributed by atoms with Crippen LogP contribution in [0.4, 0.5) is 16.3 Å². The van der Waals surface area contributed by atoms with Gasteiger partial charge in [-0.15, -0.1) is 0 Å².